The Balaban J connectivity index is 0.000000176. The molecular weight excluding hydrogens is 669 g/mol. The first-order valence-corrected chi connectivity index (χ1v) is 14.8. The second kappa shape index (κ2) is 14.8. The molecule has 0 bridgehead atoms. The zero-order valence-corrected chi connectivity index (χ0v) is 26.0. The number of carbonyl (C=O) groups excluding carboxylic acids is 2. The first-order valence-electron chi connectivity index (χ1n) is 14.8. The number of nitrogens with one attached hydrogen (secondary N) is 3. The Morgan fingerprint density at radius 1 is 0.745 bits per heavy atom. The summed E-state index contributed by atoms with van der Waals surface area (Å²) in [5, 5.41) is 36.4. The monoisotopic (exact) mass is 692 g/mol. The van der Waals surface area contributed by atoms with Crippen molar-refractivity contribution in [1.29, 1.82) is 5.26 Å². The lowest BCUT2D eigenvalue weighted by molar-refractivity contribution is 0.0909. The standard InChI is InChI=1S/C17H10F2N4O2.C17H13FN6O2/c18-13-3-1-2-10(6-13)9-21-15(24)17-23-22-16(25-17)11-4-5-14(19)12(7-11)8-20;18-11-3-1-2-9(6-11)8-20-15(25)17-24-23-16(26-17)10-4-5-13-12(7-10)14(19)22-21-13/h1-7H,9H2,(H,21,24);1-7H,8H2,(H,20,25)(H3,19,21,22). The Morgan fingerprint density at radius 3 is 1.84 bits per heavy atom. The van der Waals surface area contributed by atoms with Crippen molar-refractivity contribution in [2.24, 2.45) is 0 Å². The van der Waals surface area contributed by atoms with E-state index in [2.05, 4.69) is 41.2 Å². The Bertz CT molecular complexity index is 2420. The molecule has 4 aromatic carbocycles. The molecule has 0 saturated heterocycles. The third-order valence-electron chi connectivity index (χ3n) is 7.10. The van der Waals surface area contributed by atoms with Crippen LogP contribution in [0.2, 0.25) is 0 Å². The second-order valence-corrected chi connectivity index (χ2v) is 10.6. The third kappa shape index (κ3) is 8.04. The van der Waals surface area contributed by atoms with E-state index in [0.717, 1.165) is 17.0 Å². The normalized spacial score (nSPS) is 10.6. The average molecular weight is 693 g/mol. The topological polar surface area (TPSA) is 215 Å². The van der Waals surface area contributed by atoms with E-state index in [4.69, 9.17) is 19.8 Å². The minimum atomic E-state index is -0.668. The molecule has 0 radical (unpaired) electrons. The highest BCUT2D eigenvalue weighted by atomic mass is 19.1. The van der Waals surface area contributed by atoms with Crippen molar-refractivity contribution in [2.75, 3.05) is 5.73 Å². The van der Waals surface area contributed by atoms with Gasteiger partial charge in [-0.2, -0.15) is 10.4 Å². The van der Waals surface area contributed by atoms with Gasteiger partial charge in [-0.3, -0.25) is 14.7 Å². The summed E-state index contributed by atoms with van der Waals surface area (Å²) in [4.78, 5) is 24.1. The lowest BCUT2D eigenvalue weighted by atomic mass is 10.1. The van der Waals surface area contributed by atoms with E-state index in [9.17, 15) is 22.8 Å². The minimum Gasteiger partial charge on any atom is -0.412 e. The smallest absolute Gasteiger partial charge is 0.309 e. The molecule has 7 rings (SSSR count). The van der Waals surface area contributed by atoms with Crippen LogP contribution in [0, 0.1) is 28.8 Å². The van der Waals surface area contributed by atoms with Gasteiger partial charge in [-0.15, -0.1) is 20.4 Å². The van der Waals surface area contributed by atoms with Gasteiger partial charge in [-0.25, -0.2) is 13.2 Å². The van der Waals surface area contributed by atoms with Gasteiger partial charge in [-0.05, 0) is 71.8 Å². The molecule has 17 heteroatoms. The molecule has 14 nitrogen and oxygen atoms in total. The molecule has 0 aliphatic heterocycles. The Kier molecular flexibility index (Phi) is 9.75. The molecule has 0 atom stereocenters. The number of nitrogens with two attached hydrogens (primary N) is 1. The molecule has 0 spiro atoms. The van der Waals surface area contributed by atoms with Crippen LogP contribution in [-0.4, -0.2) is 42.4 Å². The van der Waals surface area contributed by atoms with Crippen LogP contribution in [0.1, 0.15) is 38.1 Å². The predicted molar refractivity (Wildman–Crippen MR) is 173 cm³/mol. The number of amides is 2. The summed E-state index contributed by atoms with van der Waals surface area (Å²) in [7, 11) is 0. The highest BCUT2D eigenvalue weighted by molar-refractivity contribution is 5.92. The van der Waals surface area contributed by atoms with Crippen LogP contribution in [0.15, 0.2) is 93.8 Å². The first-order chi connectivity index (χ1) is 24.7. The fourth-order valence-corrected chi connectivity index (χ4v) is 4.58. The number of nitriles is 1. The van der Waals surface area contributed by atoms with Gasteiger partial charge in [0.1, 0.15) is 23.5 Å². The van der Waals surface area contributed by atoms with E-state index in [1.54, 1.807) is 42.5 Å². The molecule has 0 aliphatic carbocycles. The van der Waals surface area contributed by atoms with Crippen molar-refractivity contribution in [2.45, 2.75) is 13.1 Å². The number of benzene rings is 4. The van der Waals surface area contributed by atoms with E-state index >= 15 is 0 Å². The number of hydrogen-bond donors (Lipinski definition) is 4. The van der Waals surface area contributed by atoms with Crippen LogP contribution >= 0.6 is 0 Å². The van der Waals surface area contributed by atoms with Crippen LogP contribution in [0.25, 0.3) is 33.8 Å². The molecule has 254 valence electrons. The minimum absolute atomic E-state index is 0.0209. The maximum atomic E-state index is 13.3. The summed E-state index contributed by atoms with van der Waals surface area (Å²) >= 11 is 0. The van der Waals surface area contributed by atoms with Crippen LogP contribution in [0.4, 0.5) is 19.0 Å². The summed E-state index contributed by atoms with van der Waals surface area (Å²) < 4.78 is 50.2. The summed E-state index contributed by atoms with van der Waals surface area (Å²) in [5.41, 5.74) is 8.51. The zero-order chi connectivity index (χ0) is 35.9. The van der Waals surface area contributed by atoms with Crippen LogP contribution in [-0.2, 0) is 13.1 Å². The van der Waals surface area contributed by atoms with Gasteiger partial charge >= 0.3 is 23.6 Å². The van der Waals surface area contributed by atoms with Gasteiger partial charge < -0.3 is 25.2 Å². The Hall–Kier alpha value is -7.35. The molecule has 51 heavy (non-hydrogen) atoms. The van der Waals surface area contributed by atoms with Crippen molar-refractivity contribution >= 4 is 28.5 Å². The quantitative estimate of drug-likeness (QED) is 0.165. The van der Waals surface area contributed by atoms with Crippen molar-refractivity contribution in [3.63, 3.8) is 0 Å². The first kappa shape index (κ1) is 33.5. The lowest BCUT2D eigenvalue weighted by Crippen LogP contribution is -2.23. The molecule has 2 amide bonds. The third-order valence-corrected chi connectivity index (χ3v) is 7.10. The maximum Gasteiger partial charge on any atom is 0.309 e. The van der Waals surface area contributed by atoms with E-state index in [1.807, 2.05) is 0 Å². The molecule has 0 saturated carbocycles. The SMILES string of the molecule is N#Cc1cc(-c2nnc(C(=O)NCc3cccc(F)c3)o2)ccc1F.Nc1n[nH]c2ccc(-c3nnc(C(=O)NCc4cccc(F)c4)o3)cc12. The molecule has 3 aromatic heterocycles. The van der Waals surface area contributed by atoms with Crippen molar-refractivity contribution in [3.8, 4) is 29.0 Å². The average Bonchev–Trinajstić information content (AvgIpc) is 3.91. The van der Waals surface area contributed by atoms with Gasteiger partial charge in [0, 0.05) is 29.6 Å². The van der Waals surface area contributed by atoms with Gasteiger partial charge in [0.15, 0.2) is 5.82 Å². The summed E-state index contributed by atoms with van der Waals surface area (Å²) in [6.45, 7) is 0.231. The van der Waals surface area contributed by atoms with E-state index in [0.29, 0.717) is 28.1 Å². The number of hydrogen-bond acceptors (Lipinski definition) is 11. The Labute approximate surface area is 285 Å². The van der Waals surface area contributed by atoms with Crippen molar-refractivity contribution in [3.05, 3.63) is 131 Å². The number of aromatic amines is 1. The highest BCUT2D eigenvalue weighted by Crippen LogP contribution is 2.25. The van der Waals surface area contributed by atoms with Crippen LogP contribution < -0.4 is 16.4 Å². The molecule has 0 aliphatic rings. The van der Waals surface area contributed by atoms with E-state index in [-0.39, 0.29) is 48.0 Å². The number of nitrogen functional groups attached to an aromatic ring is 1. The fraction of sp³-hybridized carbons (Fsp3) is 0.0588. The van der Waals surface area contributed by atoms with Crippen LogP contribution in [0.5, 0.6) is 0 Å². The molecule has 7 aromatic rings. The van der Waals surface area contributed by atoms with Gasteiger partial charge in [0.2, 0.25) is 11.8 Å². The fourth-order valence-electron chi connectivity index (χ4n) is 4.58. The molecule has 0 unspecified atom stereocenters. The molecule has 3 heterocycles. The van der Waals surface area contributed by atoms with Gasteiger partial charge in [0.25, 0.3) is 0 Å². The van der Waals surface area contributed by atoms with Gasteiger partial charge in [-0.1, -0.05) is 24.3 Å². The molecular formula is C34H23F3N10O4. The van der Waals surface area contributed by atoms with Crippen molar-refractivity contribution in [1.82, 2.24) is 41.2 Å². The number of H-pyrrole nitrogens is 1. The zero-order valence-electron chi connectivity index (χ0n) is 26.0. The number of fused-ring (bicyclic) bond motifs is 1. The van der Waals surface area contributed by atoms with E-state index < -0.39 is 23.4 Å². The lowest BCUT2D eigenvalue weighted by Gasteiger charge is -2.02. The van der Waals surface area contributed by atoms with Gasteiger partial charge in [0.05, 0.1) is 11.1 Å². The Morgan fingerprint density at radius 2 is 1.29 bits per heavy atom. The summed E-state index contributed by atoms with van der Waals surface area (Å²) in [6, 6.07) is 22.4. The number of anilines is 1. The second-order valence-electron chi connectivity index (χ2n) is 10.6. The number of halogens is 3. The number of rotatable bonds is 8. The number of carbonyl (C=O) groups is 2. The molecule has 0 fully saturated rings. The summed E-state index contributed by atoms with van der Waals surface area (Å²) in [5.74, 6) is -2.58. The largest absolute Gasteiger partial charge is 0.412 e. The highest BCUT2D eigenvalue weighted by Gasteiger charge is 2.18. The van der Waals surface area contributed by atoms with Crippen molar-refractivity contribution < 1.29 is 31.6 Å². The number of aromatic nitrogens is 6. The number of nitrogens with zero attached hydrogens (tertiary/aromatic N) is 6. The predicted octanol–water partition coefficient (Wildman–Crippen LogP) is 5.08. The maximum absolute atomic E-state index is 13.3. The summed E-state index contributed by atoms with van der Waals surface area (Å²) in [6.07, 6.45) is 0. The van der Waals surface area contributed by atoms with E-state index in [1.165, 1.54) is 42.5 Å². The van der Waals surface area contributed by atoms with Crippen LogP contribution in [0.3, 0.4) is 0 Å². The molecule has 5 N–H and O–H groups in total.